The van der Waals surface area contributed by atoms with Crippen LogP contribution in [-0.4, -0.2) is 25.5 Å². The van der Waals surface area contributed by atoms with Crippen LogP contribution in [0.4, 0.5) is 11.4 Å². The standard InChI is InChI=1S/C20H21ClN2O4/c1-3-27-14-7-4-12(5-8-14)22-19(24)15-11-16(15)20(25)23-13-6-9-18(26-2)17(21)10-13/h4-10,15-16H,3,11H2,1-2H3,(H,22,24)(H,23,25). The number of ether oxygens (including phenoxy) is 2. The topological polar surface area (TPSA) is 76.7 Å². The molecule has 7 heteroatoms. The normalized spacial score (nSPS) is 17.7. The highest BCUT2D eigenvalue weighted by Crippen LogP contribution is 2.40. The monoisotopic (exact) mass is 388 g/mol. The fourth-order valence-corrected chi connectivity index (χ4v) is 3.05. The molecule has 2 unspecified atom stereocenters. The first-order valence-corrected chi connectivity index (χ1v) is 9.07. The van der Waals surface area contributed by atoms with Gasteiger partial charge >= 0.3 is 0 Å². The third kappa shape index (κ3) is 4.71. The molecule has 0 heterocycles. The van der Waals surface area contributed by atoms with E-state index in [-0.39, 0.29) is 23.7 Å². The molecular formula is C20H21ClN2O4. The highest BCUT2D eigenvalue weighted by Gasteiger charge is 2.48. The molecule has 1 saturated carbocycles. The van der Waals surface area contributed by atoms with Gasteiger partial charge in [0.1, 0.15) is 11.5 Å². The summed E-state index contributed by atoms with van der Waals surface area (Å²) in [5.41, 5.74) is 1.25. The van der Waals surface area contributed by atoms with Crippen LogP contribution in [0.5, 0.6) is 11.5 Å². The minimum absolute atomic E-state index is 0.160. The summed E-state index contributed by atoms with van der Waals surface area (Å²) in [6, 6.07) is 12.2. The molecule has 1 fully saturated rings. The zero-order chi connectivity index (χ0) is 19.4. The Kier molecular flexibility index (Phi) is 5.86. The Balaban J connectivity index is 1.52. The van der Waals surface area contributed by atoms with Gasteiger partial charge in [0, 0.05) is 11.4 Å². The molecule has 0 spiro atoms. The molecule has 0 bridgehead atoms. The molecule has 0 aromatic heterocycles. The second-order valence-corrected chi connectivity index (χ2v) is 6.64. The zero-order valence-electron chi connectivity index (χ0n) is 15.1. The average Bonchev–Trinajstić information content (AvgIpc) is 3.45. The Morgan fingerprint density at radius 3 is 2.19 bits per heavy atom. The van der Waals surface area contributed by atoms with Crippen LogP contribution >= 0.6 is 11.6 Å². The first-order chi connectivity index (χ1) is 13.0. The Morgan fingerprint density at radius 1 is 1.04 bits per heavy atom. The Morgan fingerprint density at radius 2 is 1.63 bits per heavy atom. The molecular weight excluding hydrogens is 368 g/mol. The fraction of sp³-hybridized carbons (Fsp3) is 0.300. The number of nitrogens with one attached hydrogen (secondary N) is 2. The summed E-state index contributed by atoms with van der Waals surface area (Å²) in [6.45, 7) is 2.50. The molecule has 1 aliphatic carbocycles. The van der Waals surface area contributed by atoms with Gasteiger partial charge in [-0.05, 0) is 55.8 Å². The van der Waals surface area contributed by atoms with Gasteiger partial charge in [-0.1, -0.05) is 11.6 Å². The molecule has 2 amide bonds. The smallest absolute Gasteiger partial charge is 0.228 e. The van der Waals surface area contributed by atoms with Gasteiger partial charge in [-0.15, -0.1) is 0 Å². The van der Waals surface area contributed by atoms with Crippen LogP contribution in [0.3, 0.4) is 0 Å². The van der Waals surface area contributed by atoms with Crippen molar-refractivity contribution in [2.45, 2.75) is 13.3 Å². The number of hydrogen-bond acceptors (Lipinski definition) is 4. The third-order valence-corrected chi connectivity index (χ3v) is 4.61. The van der Waals surface area contributed by atoms with Crippen molar-refractivity contribution in [1.82, 2.24) is 0 Å². The first kappa shape index (κ1) is 19.0. The Labute approximate surface area is 162 Å². The lowest BCUT2D eigenvalue weighted by Gasteiger charge is -2.09. The third-order valence-electron chi connectivity index (χ3n) is 4.32. The summed E-state index contributed by atoms with van der Waals surface area (Å²) < 4.78 is 10.5. The number of halogens is 1. The molecule has 6 nitrogen and oxygen atoms in total. The van der Waals surface area contributed by atoms with E-state index >= 15 is 0 Å². The van der Waals surface area contributed by atoms with E-state index in [1.807, 2.05) is 6.92 Å². The van der Waals surface area contributed by atoms with Gasteiger partial charge in [-0.3, -0.25) is 9.59 Å². The van der Waals surface area contributed by atoms with Crippen molar-refractivity contribution in [2.24, 2.45) is 11.8 Å². The van der Waals surface area contributed by atoms with Crippen molar-refractivity contribution in [1.29, 1.82) is 0 Å². The summed E-state index contributed by atoms with van der Waals surface area (Å²) in [5.74, 6) is 0.264. The van der Waals surface area contributed by atoms with E-state index in [0.717, 1.165) is 5.75 Å². The lowest BCUT2D eigenvalue weighted by Crippen LogP contribution is -2.20. The van der Waals surface area contributed by atoms with E-state index in [4.69, 9.17) is 21.1 Å². The molecule has 0 saturated heterocycles. The Bertz CT molecular complexity index is 838. The second kappa shape index (κ2) is 8.31. The van der Waals surface area contributed by atoms with E-state index < -0.39 is 0 Å². The van der Waals surface area contributed by atoms with Crippen LogP contribution in [0.2, 0.25) is 5.02 Å². The minimum atomic E-state index is -0.339. The molecule has 2 atom stereocenters. The highest BCUT2D eigenvalue weighted by molar-refractivity contribution is 6.32. The molecule has 27 heavy (non-hydrogen) atoms. The Hall–Kier alpha value is -2.73. The summed E-state index contributed by atoms with van der Waals surface area (Å²) in [5, 5.41) is 6.04. The number of anilines is 2. The summed E-state index contributed by atoms with van der Waals surface area (Å²) in [4.78, 5) is 24.7. The number of amides is 2. The lowest BCUT2D eigenvalue weighted by atomic mass is 10.2. The maximum Gasteiger partial charge on any atom is 0.228 e. The number of methoxy groups -OCH3 is 1. The summed E-state index contributed by atoms with van der Waals surface area (Å²) in [7, 11) is 1.53. The van der Waals surface area contributed by atoms with Crippen LogP contribution in [0.15, 0.2) is 42.5 Å². The quantitative estimate of drug-likeness (QED) is 0.752. The van der Waals surface area contributed by atoms with Gasteiger partial charge in [0.2, 0.25) is 11.8 Å². The van der Waals surface area contributed by atoms with Crippen LogP contribution < -0.4 is 20.1 Å². The van der Waals surface area contributed by atoms with Crippen molar-refractivity contribution in [3.05, 3.63) is 47.5 Å². The predicted molar refractivity (Wildman–Crippen MR) is 104 cm³/mol. The average molecular weight is 389 g/mol. The molecule has 2 N–H and O–H groups in total. The van der Waals surface area contributed by atoms with Gasteiger partial charge in [0.25, 0.3) is 0 Å². The predicted octanol–water partition coefficient (Wildman–Crippen LogP) is 3.96. The number of carbonyl (C=O) groups excluding carboxylic acids is 2. The number of benzene rings is 2. The van der Waals surface area contributed by atoms with Gasteiger partial charge in [0.15, 0.2) is 0 Å². The molecule has 3 rings (SSSR count). The largest absolute Gasteiger partial charge is 0.495 e. The number of hydrogen-bond donors (Lipinski definition) is 2. The van der Waals surface area contributed by atoms with Crippen LogP contribution in [0, 0.1) is 11.8 Å². The molecule has 142 valence electrons. The zero-order valence-corrected chi connectivity index (χ0v) is 15.9. The summed E-state index contributed by atoms with van der Waals surface area (Å²) >= 11 is 6.06. The van der Waals surface area contributed by atoms with Crippen molar-refractivity contribution >= 4 is 34.8 Å². The molecule has 2 aromatic carbocycles. The van der Waals surface area contributed by atoms with Gasteiger partial charge in [0.05, 0.1) is 30.6 Å². The van der Waals surface area contributed by atoms with E-state index in [1.165, 1.54) is 7.11 Å². The molecule has 2 aromatic rings. The summed E-state index contributed by atoms with van der Waals surface area (Å²) in [6.07, 6.45) is 0.526. The minimum Gasteiger partial charge on any atom is -0.495 e. The maximum absolute atomic E-state index is 12.3. The van der Waals surface area contributed by atoms with E-state index in [9.17, 15) is 9.59 Å². The van der Waals surface area contributed by atoms with Crippen molar-refractivity contribution in [3.8, 4) is 11.5 Å². The van der Waals surface area contributed by atoms with Gasteiger partial charge < -0.3 is 20.1 Å². The van der Waals surface area contributed by atoms with Crippen LogP contribution in [-0.2, 0) is 9.59 Å². The van der Waals surface area contributed by atoms with E-state index in [2.05, 4.69) is 10.6 Å². The van der Waals surface area contributed by atoms with Crippen molar-refractivity contribution in [2.75, 3.05) is 24.4 Å². The van der Waals surface area contributed by atoms with Crippen molar-refractivity contribution in [3.63, 3.8) is 0 Å². The lowest BCUT2D eigenvalue weighted by molar-refractivity contribution is -0.122. The second-order valence-electron chi connectivity index (χ2n) is 6.23. The molecule has 1 aliphatic rings. The van der Waals surface area contributed by atoms with Gasteiger partial charge in [-0.2, -0.15) is 0 Å². The maximum atomic E-state index is 12.3. The van der Waals surface area contributed by atoms with Crippen molar-refractivity contribution < 1.29 is 19.1 Å². The molecule has 0 radical (unpaired) electrons. The SMILES string of the molecule is CCOc1ccc(NC(=O)C2CC2C(=O)Nc2ccc(OC)c(Cl)c2)cc1. The fourth-order valence-electron chi connectivity index (χ4n) is 2.79. The number of rotatable bonds is 7. The van der Waals surface area contributed by atoms with E-state index in [0.29, 0.717) is 35.2 Å². The van der Waals surface area contributed by atoms with Crippen LogP contribution in [0.25, 0.3) is 0 Å². The van der Waals surface area contributed by atoms with Crippen LogP contribution in [0.1, 0.15) is 13.3 Å². The number of carbonyl (C=O) groups is 2. The highest BCUT2D eigenvalue weighted by atomic mass is 35.5. The molecule has 0 aliphatic heterocycles. The van der Waals surface area contributed by atoms with E-state index in [1.54, 1.807) is 42.5 Å². The van der Waals surface area contributed by atoms with Gasteiger partial charge in [-0.25, -0.2) is 0 Å². The first-order valence-electron chi connectivity index (χ1n) is 8.70.